The van der Waals surface area contributed by atoms with Crippen molar-refractivity contribution in [1.82, 2.24) is 15.3 Å². The Bertz CT molecular complexity index is 412. The molecule has 2 aliphatic rings. The molecule has 3 rings (SSSR count). The highest BCUT2D eigenvalue weighted by Gasteiger charge is 2.19. The molecule has 1 atom stereocenters. The summed E-state index contributed by atoms with van der Waals surface area (Å²) in [4.78, 5) is 10.9. The number of nitrogens with zero attached hydrogens (tertiary/aromatic N) is 3. The third-order valence-electron chi connectivity index (χ3n) is 4.16. The molecule has 104 valence electrons. The molecule has 0 spiro atoms. The smallest absolute Gasteiger partial charge is 0.133 e. The monoisotopic (exact) mass is 261 g/mol. The van der Waals surface area contributed by atoms with E-state index in [1.54, 1.807) is 6.33 Å². The van der Waals surface area contributed by atoms with E-state index < -0.39 is 0 Å². The lowest BCUT2D eigenvalue weighted by atomic mass is 9.93. The maximum atomic E-state index is 4.38. The summed E-state index contributed by atoms with van der Waals surface area (Å²) in [6.07, 6.45) is 8.08. The van der Waals surface area contributed by atoms with Gasteiger partial charge in [0.15, 0.2) is 0 Å². The summed E-state index contributed by atoms with van der Waals surface area (Å²) in [5.41, 5.74) is 0. The van der Waals surface area contributed by atoms with Gasteiger partial charge in [-0.05, 0) is 38.6 Å². The lowest BCUT2D eigenvalue weighted by Gasteiger charge is -2.27. The minimum Gasteiger partial charge on any atom is -0.367 e. The van der Waals surface area contributed by atoms with Gasteiger partial charge in [0, 0.05) is 31.7 Å². The van der Waals surface area contributed by atoms with Crippen molar-refractivity contribution in [3.05, 3.63) is 12.4 Å². The van der Waals surface area contributed by atoms with Gasteiger partial charge in [-0.1, -0.05) is 0 Å². The van der Waals surface area contributed by atoms with Gasteiger partial charge in [0.1, 0.15) is 18.0 Å². The molecule has 1 unspecified atom stereocenters. The van der Waals surface area contributed by atoms with Crippen LogP contribution in [0.5, 0.6) is 0 Å². The Morgan fingerprint density at radius 3 is 2.89 bits per heavy atom. The Morgan fingerprint density at radius 2 is 2.21 bits per heavy atom. The molecule has 1 aliphatic carbocycles. The molecule has 1 aromatic rings. The molecule has 1 aliphatic heterocycles. The Balaban J connectivity index is 1.60. The van der Waals surface area contributed by atoms with E-state index in [-0.39, 0.29) is 0 Å². The van der Waals surface area contributed by atoms with E-state index >= 15 is 0 Å². The zero-order chi connectivity index (χ0) is 13.1. The second-order valence-corrected chi connectivity index (χ2v) is 5.71. The van der Waals surface area contributed by atoms with Gasteiger partial charge in [0.2, 0.25) is 0 Å². The average Bonchev–Trinajstić information content (AvgIpc) is 2.87. The van der Waals surface area contributed by atoms with E-state index in [4.69, 9.17) is 0 Å². The molecule has 19 heavy (non-hydrogen) atoms. The molecule has 1 saturated carbocycles. The Morgan fingerprint density at radius 1 is 1.32 bits per heavy atom. The number of likely N-dealkylation sites (N-methyl/N-ethyl adjacent to an activating group) is 1. The van der Waals surface area contributed by atoms with Crippen molar-refractivity contribution in [3.8, 4) is 0 Å². The molecule has 2 fully saturated rings. The highest BCUT2D eigenvalue weighted by atomic mass is 15.2. The van der Waals surface area contributed by atoms with Gasteiger partial charge < -0.3 is 15.5 Å². The van der Waals surface area contributed by atoms with Gasteiger partial charge in [0.25, 0.3) is 0 Å². The van der Waals surface area contributed by atoms with E-state index in [0.29, 0.717) is 12.1 Å². The molecular formula is C14H23N5. The summed E-state index contributed by atoms with van der Waals surface area (Å²) in [6.45, 7) is 2.16. The van der Waals surface area contributed by atoms with Gasteiger partial charge in [-0.3, -0.25) is 0 Å². The van der Waals surface area contributed by atoms with Crippen molar-refractivity contribution in [2.45, 2.75) is 44.2 Å². The minimum atomic E-state index is 0.600. The molecule has 0 aromatic carbocycles. The van der Waals surface area contributed by atoms with Crippen LogP contribution in [-0.2, 0) is 0 Å². The Kier molecular flexibility index (Phi) is 3.82. The zero-order valence-electron chi connectivity index (χ0n) is 11.6. The van der Waals surface area contributed by atoms with E-state index in [1.165, 1.54) is 32.1 Å². The van der Waals surface area contributed by atoms with Gasteiger partial charge in [-0.25, -0.2) is 9.97 Å². The summed E-state index contributed by atoms with van der Waals surface area (Å²) in [5, 5.41) is 7.00. The number of nitrogens with one attached hydrogen (secondary N) is 2. The predicted molar refractivity (Wildman–Crippen MR) is 77.6 cm³/mol. The normalized spacial score (nSPS) is 23.1. The van der Waals surface area contributed by atoms with Crippen LogP contribution in [-0.4, -0.2) is 42.2 Å². The van der Waals surface area contributed by atoms with Crippen LogP contribution in [0, 0.1) is 0 Å². The third-order valence-corrected chi connectivity index (χ3v) is 4.16. The topological polar surface area (TPSA) is 53.1 Å². The molecule has 0 bridgehead atoms. The number of rotatable bonds is 5. The maximum absolute atomic E-state index is 4.38. The van der Waals surface area contributed by atoms with E-state index in [0.717, 1.165) is 24.7 Å². The molecule has 2 N–H and O–H groups in total. The summed E-state index contributed by atoms with van der Waals surface area (Å²) in [7, 11) is 2.11. The first-order valence-corrected chi connectivity index (χ1v) is 7.34. The highest BCUT2D eigenvalue weighted by Crippen LogP contribution is 2.23. The van der Waals surface area contributed by atoms with E-state index in [2.05, 4.69) is 38.6 Å². The lowest BCUT2D eigenvalue weighted by molar-refractivity contribution is 0.444. The molecule has 0 amide bonds. The van der Waals surface area contributed by atoms with E-state index in [1.807, 2.05) is 0 Å². The van der Waals surface area contributed by atoms with Crippen LogP contribution in [0.1, 0.15) is 32.1 Å². The van der Waals surface area contributed by atoms with Gasteiger partial charge in [-0.15, -0.1) is 0 Å². The predicted octanol–water partition coefficient (Wildman–Crippen LogP) is 1.63. The van der Waals surface area contributed by atoms with Crippen LogP contribution in [0.3, 0.4) is 0 Å². The zero-order valence-corrected chi connectivity index (χ0v) is 11.6. The van der Waals surface area contributed by atoms with Crippen molar-refractivity contribution >= 4 is 11.6 Å². The summed E-state index contributed by atoms with van der Waals surface area (Å²) < 4.78 is 0. The molecule has 1 saturated heterocycles. The standard InChI is InChI=1S/C14H23N5/c1-19(9-12-6-3-7-15-12)14-8-13(16-10-17-14)18-11-4-2-5-11/h8,10-12,15H,2-7,9H2,1H3,(H,16,17,18). The largest absolute Gasteiger partial charge is 0.367 e. The number of aromatic nitrogens is 2. The molecule has 5 heteroatoms. The van der Waals surface area contributed by atoms with Crippen molar-refractivity contribution in [1.29, 1.82) is 0 Å². The van der Waals surface area contributed by atoms with Crippen LogP contribution in [0.2, 0.25) is 0 Å². The molecule has 0 radical (unpaired) electrons. The molecule has 1 aromatic heterocycles. The minimum absolute atomic E-state index is 0.600. The fourth-order valence-corrected chi connectivity index (χ4v) is 2.73. The quantitative estimate of drug-likeness (QED) is 0.843. The number of hydrogen-bond donors (Lipinski definition) is 2. The summed E-state index contributed by atoms with van der Waals surface area (Å²) in [5.74, 6) is 1.96. The van der Waals surface area contributed by atoms with E-state index in [9.17, 15) is 0 Å². The average molecular weight is 261 g/mol. The van der Waals surface area contributed by atoms with Crippen LogP contribution in [0.25, 0.3) is 0 Å². The van der Waals surface area contributed by atoms with Gasteiger partial charge >= 0.3 is 0 Å². The third kappa shape index (κ3) is 3.15. The van der Waals surface area contributed by atoms with Crippen molar-refractivity contribution in [3.63, 3.8) is 0 Å². The molecule has 2 heterocycles. The summed E-state index contributed by atoms with van der Waals surface area (Å²) >= 11 is 0. The Hall–Kier alpha value is -1.36. The fourth-order valence-electron chi connectivity index (χ4n) is 2.73. The van der Waals surface area contributed by atoms with Crippen molar-refractivity contribution < 1.29 is 0 Å². The van der Waals surface area contributed by atoms with Crippen LogP contribution in [0.4, 0.5) is 11.6 Å². The maximum Gasteiger partial charge on any atom is 0.133 e. The van der Waals surface area contributed by atoms with Crippen molar-refractivity contribution in [2.75, 3.05) is 30.4 Å². The first-order valence-electron chi connectivity index (χ1n) is 7.34. The molecular weight excluding hydrogens is 238 g/mol. The van der Waals surface area contributed by atoms with Gasteiger partial charge in [-0.2, -0.15) is 0 Å². The number of hydrogen-bond acceptors (Lipinski definition) is 5. The SMILES string of the molecule is CN(CC1CCCN1)c1cc(NC2CCC2)ncn1. The Labute approximate surface area is 114 Å². The van der Waals surface area contributed by atoms with Gasteiger partial charge in [0.05, 0.1) is 0 Å². The number of anilines is 2. The van der Waals surface area contributed by atoms with Crippen LogP contribution >= 0.6 is 0 Å². The fraction of sp³-hybridized carbons (Fsp3) is 0.714. The van der Waals surface area contributed by atoms with Crippen molar-refractivity contribution in [2.24, 2.45) is 0 Å². The molecule has 5 nitrogen and oxygen atoms in total. The second-order valence-electron chi connectivity index (χ2n) is 5.71. The van der Waals surface area contributed by atoms with Crippen LogP contribution < -0.4 is 15.5 Å². The first-order chi connectivity index (χ1) is 9.31. The second kappa shape index (κ2) is 5.74. The lowest BCUT2D eigenvalue weighted by Crippen LogP contribution is -2.35. The van der Waals surface area contributed by atoms with Crippen LogP contribution in [0.15, 0.2) is 12.4 Å². The summed E-state index contributed by atoms with van der Waals surface area (Å²) in [6, 6.07) is 3.28. The first kappa shape index (κ1) is 12.7. The highest BCUT2D eigenvalue weighted by molar-refractivity contribution is 5.48.